The Bertz CT molecular complexity index is 1340. The van der Waals surface area contributed by atoms with E-state index in [4.69, 9.17) is 4.74 Å². The fourth-order valence-electron chi connectivity index (χ4n) is 10.3. The van der Waals surface area contributed by atoms with E-state index in [2.05, 4.69) is 67.8 Å². The highest BCUT2D eigenvalue weighted by atomic mass is 16.5. The molecule has 0 aliphatic rings. The molecular weight excluding hydrogens is 947 g/mol. The molecule has 1 amide bonds. The second-order valence-electron chi connectivity index (χ2n) is 23.1. The number of aliphatic hydroxyl groups is 2. The first-order valence-electron chi connectivity index (χ1n) is 34.1. The number of amides is 1. The molecule has 0 heterocycles. The quantitative estimate of drug-likeness (QED) is 0.0320. The minimum Gasteiger partial charge on any atom is -0.466 e. The predicted molar refractivity (Wildman–Crippen MR) is 338 cm³/mol. The average molecular weight is 1080 g/mol. The number of allylic oxidation sites excluding steroid dienone is 9. The molecule has 2 unspecified atom stereocenters. The van der Waals surface area contributed by atoms with Gasteiger partial charge >= 0.3 is 5.97 Å². The number of rotatable bonds is 63. The zero-order chi connectivity index (χ0) is 55.7. The van der Waals surface area contributed by atoms with Crippen molar-refractivity contribution < 1.29 is 24.5 Å². The zero-order valence-electron chi connectivity index (χ0n) is 51.4. The van der Waals surface area contributed by atoms with E-state index in [9.17, 15) is 19.8 Å². The lowest BCUT2D eigenvalue weighted by molar-refractivity contribution is -0.143. The number of hydrogen-bond donors (Lipinski definition) is 3. The van der Waals surface area contributed by atoms with Crippen molar-refractivity contribution in [3.05, 3.63) is 60.8 Å². The smallest absolute Gasteiger partial charge is 0.305 e. The first-order valence-corrected chi connectivity index (χ1v) is 34.1. The Balaban J connectivity index is 3.39. The third kappa shape index (κ3) is 62.6. The predicted octanol–water partition coefficient (Wildman–Crippen LogP) is 21.9. The van der Waals surface area contributed by atoms with Gasteiger partial charge in [0, 0.05) is 12.8 Å². The topological polar surface area (TPSA) is 95.9 Å². The van der Waals surface area contributed by atoms with Crippen LogP contribution in [0, 0.1) is 0 Å². The van der Waals surface area contributed by atoms with Gasteiger partial charge in [-0.15, -0.1) is 0 Å². The summed E-state index contributed by atoms with van der Waals surface area (Å²) in [6.45, 7) is 4.87. The number of esters is 1. The molecule has 0 aromatic rings. The second-order valence-corrected chi connectivity index (χ2v) is 23.1. The highest BCUT2D eigenvalue weighted by Gasteiger charge is 2.18. The highest BCUT2D eigenvalue weighted by molar-refractivity contribution is 5.76. The maximum Gasteiger partial charge on any atom is 0.305 e. The van der Waals surface area contributed by atoms with Crippen LogP contribution in [-0.2, 0) is 14.3 Å². The van der Waals surface area contributed by atoms with Crippen LogP contribution in [0.2, 0.25) is 0 Å². The molecule has 450 valence electrons. The van der Waals surface area contributed by atoms with E-state index < -0.39 is 12.1 Å². The molecule has 0 aliphatic heterocycles. The molecule has 0 radical (unpaired) electrons. The number of carbonyl (C=O) groups excluding carboxylic acids is 2. The summed E-state index contributed by atoms with van der Waals surface area (Å²) in [5.41, 5.74) is 0. The molecular formula is C71H131NO5. The molecule has 0 fully saturated rings. The summed E-state index contributed by atoms with van der Waals surface area (Å²) in [6, 6.07) is -0.626. The first kappa shape index (κ1) is 74.6. The maximum atomic E-state index is 12.4. The van der Waals surface area contributed by atoms with E-state index in [1.165, 1.54) is 270 Å². The van der Waals surface area contributed by atoms with Crippen LogP contribution >= 0.6 is 0 Å². The van der Waals surface area contributed by atoms with Crippen molar-refractivity contribution >= 4 is 11.9 Å². The average Bonchev–Trinajstić information content (AvgIpc) is 3.43. The molecule has 0 aromatic carbocycles. The van der Waals surface area contributed by atoms with Crippen LogP contribution in [0.5, 0.6) is 0 Å². The van der Waals surface area contributed by atoms with Crippen LogP contribution < -0.4 is 5.32 Å². The summed E-state index contributed by atoms with van der Waals surface area (Å²) in [7, 11) is 0. The van der Waals surface area contributed by atoms with E-state index >= 15 is 0 Å². The van der Waals surface area contributed by atoms with Gasteiger partial charge in [-0.2, -0.15) is 0 Å². The summed E-state index contributed by atoms with van der Waals surface area (Å²) in [5.74, 6) is -0.0669. The molecule has 2 atom stereocenters. The molecule has 6 nitrogen and oxygen atoms in total. The third-order valence-corrected chi connectivity index (χ3v) is 15.5. The van der Waals surface area contributed by atoms with Crippen molar-refractivity contribution in [2.75, 3.05) is 13.2 Å². The van der Waals surface area contributed by atoms with Crippen molar-refractivity contribution in [3.63, 3.8) is 0 Å². The Morgan fingerprint density at radius 1 is 0.364 bits per heavy atom. The van der Waals surface area contributed by atoms with E-state index in [-0.39, 0.29) is 18.5 Å². The van der Waals surface area contributed by atoms with Gasteiger partial charge in [-0.05, 0) is 96.3 Å². The molecule has 0 aromatic heterocycles. The molecule has 0 aliphatic carbocycles. The van der Waals surface area contributed by atoms with Gasteiger partial charge in [0.15, 0.2) is 0 Å². The van der Waals surface area contributed by atoms with Crippen molar-refractivity contribution in [2.45, 2.75) is 366 Å². The minimum atomic E-state index is -0.843. The van der Waals surface area contributed by atoms with Crippen LogP contribution in [-0.4, -0.2) is 47.4 Å². The van der Waals surface area contributed by atoms with Gasteiger partial charge in [0.2, 0.25) is 5.91 Å². The Hall–Kier alpha value is -2.44. The maximum absolute atomic E-state index is 12.4. The van der Waals surface area contributed by atoms with Crippen LogP contribution in [0.25, 0.3) is 0 Å². The SMILES string of the molecule is CCCCC/C=C\C/C=C\CCCCCCCC(=O)OCCCCCCCCCCC/C=C\C/C=C\CCCCCCCCCCCCCCCCCCCC(=O)NC(CO)C(O)/C=C/CCCCCCCCCCCC. The van der Waals surface area contributed by atoms with E-state index in [0.717, 1.165) is 57.8 Å². The third-order valence-electron chi connectivity index (χ3n) is 15.5. The lowest BCUT2D eigenvalue weighted by Gasteiger charge is -2.20. The number of aliphatic hydroxyl groups excluding tert-OH is 2. The number of nitrogens with one attached hydrogen (secondary N) is 1. The van der Waals surface area contributed by atoms with Crippen LogP contribution in [0.15, 0.2) is 60.8 Å². The Labute approximate surface area is 479 Å². The van der Waals surface area contributed by atoms with Crippen LogP contribution in [0.4, 0.5) is 0 Å². The Morgan fingerprint density at radius 2 is 0.649 bits per heavy atom. The lowest BCUT2D eigenvalue weighted by atomic mass is 10.0. The fourth-order valence-corrected chi connectivity index (χ4v) is 10.3. The van der Waals surface area contributed by atoms with Gasteiger partial charge in [-0.1, -0.05) is 306 Å². The number of unbranched alkanes of at least 4 members (excludes halogenated alkanes) is 44. The van der Waals surface area contributed by atoms with Gasteiger partial charge in [0.05, 0.1) is 25.4 Å². The standard InChI is InChI=1S/C71H131NO5/c1-3-5-7-9-11-13-15-17-37-41-45-49-53-57-61-65-71(76)77-66-62-58-54-50-46-42-39-36-34-32-30-28-26-24-22-20-18-19-21-23-25-27-29-31-33-35-38-40-44-48-52-56-60-64-70(75)72-68(67-73)69(74)63-59-55-51-47-43-16-14-12-10-8-6-4-2/h11,13,17,22,24,28,30,37,59,63,68-69,73-74H,3-10,12,14-16,18-21,23,25-27,29,31-36,38-58,60-62,64-67H2,1-2H3,(H,72,75)/b13-11-,24-22-,30-28-,37-17-,63-59+. The molecule has 0 spiro atoms. The number of carbonyl (C=O) groups is 2. The molecule has 0 rings (SSSR count). The lowest BCUT2D eigenvalue weighted by Crippen LogP contribution is -2.45. The summed E-state index contributed by atoms with van der Waals surface area (Å²) in [5, 5.41) is 23.1. The van der Waals surface area contributed by atoms with Gasteiger partial charge < -0.3 is 20.3 Å². The highest BCUT2D eigenvalue weighted by Crippen LogP contribution is 2.17. The second kappa shape index (κ2) is 66.1. The van der Waals surface area contributed by atoms with Crippen molar-refractivity contribution in [1.29, 1.82) is 0 Å². The Morgan fingerprint density at radius 3 is 1.01 bits per heavy atom. The van der Waals surface area contributed by atoms with Gasteiger partial charge in [0.25, 0.3) is 0 Å². The monoisotopic (exact) mass is 1080 g/mol. The summed E-state index contributed by atoms with van der Waals surface area (Å²) in [6.07, 6.45) is 87.3. The molecule has 6 heteroatoms. The summed E-state index contributed by atoms with van der Waals surface area (Å²) in [4.78, 5) is 24.5. The number of ether oxygens (including phenoxy) is 1. The van der Waals surface area contributed by atoms with Crippen molar-refractivity contribution in [2.24, 2.45) is 0 Å². The number of hydrogen-bond acceptors (Lipinski definition) is 5. The minimum absolute atomic E-state index is 0.000501. The molecule has 0 saturated heterocycles. The van der Waals surface area contributed by atoms with Crippen LogP contribution in [0.3, 0.4) is 0 Å². The normalized spacial score (nSPS) is 12.9. The Kier molecular flexibility index (Phi) is 64.0. The van der Waals surface area contributed by atoms with Gasteiger partial charge in [-0.25, -0.2) is 0 Å². The fraction of sp³-hybridized carbons (Fsp3) is 0.831. The van der Waals surface area contributed by atoms with Crippen LogP contribution in [0.1, 0.15) is 354 Å². The van der Waals surface area contributed by atoms with Gasteiger partial charge in [0.1, 0.15) is 0 Å². The molecule has 77 heavy (non-hydrogen) atoms. The zero-order valence-corrected chi connectivity index (χ0v) is 51.4. The van der Waals surface area contributed by atoms with E-state index in [0.29, 0.717) is 19.4 Å². The van der Waals surface area contributed by atoms with Gasteiger partial charge in [-0.3, -0.25) is 9.59 Å². The summed E-state index contributed by atoms with van der Waals surface area (Å²) < 4.78 is 5.48. The van der Waals surface area contributed by atoms with E-state index in [1.54, 1.807) is 6.08 Å². The molecule has 3 N–H and O–H groups in total. The summed E-state index contributed by atoms with van der Waals surface area (Å²) >= 11 is 0. The molecule has 0 saturated carbocycles. The first-order chi connectivity index (χ1) is 38.0. The van der Waals surface area contributed by atoms with Crippen molar-refractivity contribution in [1.82, 2.24) is 5.32 Å². The van der Waals surface area contributed by atoms with Crippen molar-refractivity contribution in [3.8, 4) is 0 Å². The molecule has 0 bridgehead atoms. The van der Waals surface area contributed by atoms with E-state index in [1.807, 2.05) is 6.08 Å². The largest absolute Gasteiger partial charge is 0.466 e.